The van der Waals surface area contributed by atoms with Crippen molar-refractivity contribution < 1.29 is 9.47 Å². The van der Waals surface area contributed by atoms with Crippen molar-refractivity contribution >= 4 is 0 Å². The molecule has 2 N–H and O–H groups in total. The molecular weight excluding hydrogens is 262 g/mol. The monoisotopic (exact) mass is 285 g/mol. The van der Waals surface area contributed by atoms with Crippen LogP contribution in [0.4, 0.5) is 0 Å². The molecule has 0 radical (unpaired) electrons. The number of methoxy groups -OCH3 is 1. The van der Waals surface area contributed by atoms with Gasteiger partial charge in [0.1, 0.15) is 17.2 Å². The van der Waals surface area contributed by atoms with Gasteiger partial charge in [0.2, 0.25) is 0 Å². The quantitative estimate of drug-likeness (QED) is 0.871. The third-order valence-electron chi connectivity index (χ3n) is 3.45. The Morgan fingerprint density at radius 3 is 2.24 bits per heavy atom. The Hall–Kier alpha value is -2.00. The molecule has 0 aliphatic heterocycles. The molecule has 0 aromatic heterocycles. The molecule has 3 nitrogen and oxygen atoms in total. The summed E-state index contributed by atoms with van der Waals surface area (Å²) in [6.45, 7) is 6.26. The zero-order valence-electron chi connectivity index (χ0n) is 13.1. The molecule has 112 valence electrons. The van der Waals surface area contributed by atoms with Crippen molar-refractivity contribution in [1.82, 2.24) is 0 Å². The summed E-state index contributed by atoms with van der Waals surface area (Å²) in [5.41, 5.74) is 8.19. The van der Waals surface area contributed by atoms with E-state index < -0.39 is 0 Å². The molecule has 0 heterocycles. The fraction of sp³-hybridized carbons (Fsp3) is 0.333. The van der Waals surface area contributed by atoms with Crippen LogP contribution in [0.5, 0.6) is 17.2 Å². The number of ether oxygens (including phenoxy) is 2. The Kier molecular flexibility index (Phi) is 4.86. The lowest BCUT2D eigenvalue weighted by Gasteiger charge is -2.17. The second kappa shape index (κ2) is 6.64. The molecule has 1 unspecified atom stereocenters. The Morgan fingerprint density at radius 1 is 0.952 bits per heavy atom. The van der Waals surface area contributed by atoms with Gasteiger partial charge in [0.15, 0.2) is 0 Å². The van der Waals surface area contributed by atoms with Crippen molar-refractivity contribution in [2.75, 3.05) is 7.11 Å². The van der Waals surface area contributed by atoms with Gasteiger partial charge in [0.05, 0.1) is 12.7 Å². The van der Waals surface area contributed by atoms with E-state index in [4.69, 9.17) is 15.2 Å². The highest BCUT2D eigenvalue weighted by Crippen LogP contribution is 2.36. The fourth-order valence-corrected chi connectivity index (χ4v) is 2.30. The van der Waals surface area contributed by atoms with Crippen molar-refractivity contribution in [2.24, 2.45) is 5.73 Å². The molecule has 2 aromatic carbocycles. The first-order valence-electron chi connectivity index (χ1n) is 7.23. The van der Waals surface area contributed by atoms with Gasteiger partial charge >= 0.3 is 0 Å². The van der Waals surface area contributed by atoms with Gasteiger partial charge < -0.3 is 15.2 Å². The molecule has 0 saturated carbocycles. The first-order valence-corrected chi connectivity index (χ1v) is 7.23. The second-order valence-corrected chi connectivity index (χ2v) is 5.49. The van der Waals surface area contributed by atoms with Crippen LogP contribution in [0.25, 0.3) is 0 Å². The number of benzene rings is 2. The average Bonchev–Trinajstić information content (AvgIpc) is 2.46. The highest BCUT2D eigenvalue weighted by Gasteiger charge is 2.15. The number of nitrogens with two attached hydrogens (primary N) is 1. The van der Waals surface area contributed by atoms with Gasteiger partial charge in [-0.05, 0) is 42.7 Å². The molecule has 0 amide bonds. The van der Waals surface area contributed by atoms with Crippen molar-refractivity contribution in [2.45, 2.75) is 32.7 Å². The Bertz CT molecular complexity index is 606. The van der Waals surface area contributed by atoms with Gasteiger partial charge in [-0.15, -0.1) is 0 Å². The summed E-state index contributed by atoms with van der Waals surface area (Å²) in [7, 11) is 1.64. The molecule has 1 atom stereocenters. The van der Waals surface area contributed by atoms with Crippen molar-refractivity contribution in [3.8, 4) is 17.2 Å². The normalized spacial score (nSPS) is 12.3. The molecule has 0 bridgehead atoms. The predicted octanol–water partition coefficient (Wildman–Crippen LogP) is 4.63. The standard InChI is InChI=1S/C18H23NO2/c1-12(2)14-7-5-8-15(11-14)21-17-10-6-9-16(20-4)18(17)13(3)19/h5-13H,19H2,1-4H3. The van der Waals surface area contributed by atoms with Crippen molar-refractivity contribution in [3.63, 3.8) is 0 Å². The molecule has 21 heavy (non-hydrogen) atoms. The molecule has 3 heteroatoms. The molecule has 0 aliphatic carbocycles. The van der Waals surface area contributed by atoms with Gasteiger partial charge in [0, 0.05) is 6.04 Å². The van der Waals surface area contributed by atoms with Gasteiger partial charge in [0.25, 0.3) is 0 Å². The Morgan fingerprint density at radius 2 is 1.62 bits per heavy atom. The number of rotatable bonds is 5. The predicted molar refractivity (Wildman–Crippen MR) is 86.2 cm³/mol. The van der Waals surface area contributed by atoms with E-state index in [1.165, 1.54) is 5.56 Å². The molecule has 0 spiro atoms. The van der Waals surface area contributed by atoms with Crippen LogP contribution >= 0.6 is 0 Å². The van der Waals surface area contributed by atoms with Gasteiger partial charge in [-0.3, -0.25) is 0 Å². The summed E-state index contributed by atoms with van der Waals surface area (Å²) in [5, 5.41) is 0. The summed E-state index contributed by atoms with van der Waals surface area (Å²) in [6.07, 6.45) is 0. The molecular formula is C18H23NO2. The lowest BCUT2D eigenvalue weighted by Crippen LogP contribution is -2.08. The Labute approximate surface area is 126 Å². The van der Waals surface area contributed by atoms with E-state index in [0.717, 1.165) is 22.8 Å². The summed E-state index contributed by atoms with van der Waals surface area (Å²) in [5.74, 6) is 2.77. The highest BCUT2D eigenvalue weighted by molar-refractivity contribution is 5.48. The van der Waals surface area contributed by atoms with Crippen molar-refractivity contribution in [3.05, 3.63) is 53.6 Å². The SMILES string of the molecule is COc1cccc(Oc2cccc(C(C)C)c2)c1C(C)N. The summed E-state index contributed by atoms with van der Waals surface area (Å²) < 4.78 is 11.4. The highest BCUT2D eigenvalue weighted by atomic mass is 16.5. The second-order valence-electron chi connectivity index (χ2n) is 5.49. The van der Waals surface area contributed by atoms with Crippen LogP contribution in [0.15, 0.2) is 42.5 Å². The van der Waals surface area contributed by atoms with Crippen LogP contribution in [0, 0.1) is 0 Å². The van der Waals surface area contributed by atoms with Crippen LogP contribution in [-0.4, -0.2) is 7.11 Å². The third kappa shape index (κ3) is 3.56. The largest absolute Gasteiger partial charge is 0.496 e. The summed E-state index contributed by atoms with van der Waals surface area (Å²) in [6, 6.07) is 13.7. The maximum absolute atomic E-state index is 6.06. The van der Waals surface area contributed by atoms with Gasteiger partial charge in [-0.25, -0.2) is 0 Å². The van der Waals surface area contributed by atoms with Crippen LogP contribution in [0.1, 0.15) is 43.9 Å². The Balaban J connectivity index is 2.37. The zero-order valence-corrected chi connectivity index (χ0v) is 13.1. The zero-order chi connectivity index (χ0) is 15.4. The molecule has 2 aromatic rings. The van der Waals surface area contributed by atoms with Gasteiger partial charge in [-0.2, -0.15) is 0 Å². The first-order chi connectivity index (χ1) is 10.0. The molecule has 0 saturated heterocycles. The minimum absolute atomic E-state index is 0.163. The lowest BCUT2D eigenvalue weighted by molar-refractivity contribution is 0.397. The minimum atomic E-state index is -0.163. The van der Waals surface area contributed by atoms with Crippen LogP contribution < -0.4 is 15.2 Å². The molecule has 2 rings (SSSR count). The van der Waals surface area contributed by atoms with E-state index >= 15 is 0 Å². The van der Waals surface area contributed by atoms with E-state index in [2.05, 4.69) is 26.0 Å². The first kappa shape index (κ1) is 15.4. The number of hydrogen-bond donors (Lipinski definition) is 1. The van der Waals surface area contributed by atoms with Crippen LogP contribution in [0.2, 0.25) is 0 Å². The van der Waals surface area contributed by atoms with Gasteiger partial charge in [-0.1, -0.05) is 32.0 Å². The maximum Gasteiger partial charge on any atom is 0.135 e. The summed E-state index contributed by atoms with van der Waals surface area (Å²) in [4.78, 5) is 0. The third-order valence-corrected chi connectivity index (χ3v) is 3.45. The fourth-order valence-electron chi connectivity index (χ4n) is 2.30. The van der Waals surface area contributed by atoms with Crippen molar-refractivity contribution in [1.29, 1.82) is 0 Å². The van der Waals surface area contributed by atoms with Crippen LogP contribution in [-0.2, 0) is 0 Å². The topological polar surface area (TPSA) is 44.5 Å². The van der Waals surface area contributed by atoms with E-state index in [-0.39, 0.29) is 6.04 Å². The number of hydrogen-bond acceptors (Lipinski definition) is 3. The van der Waals surface area contributed by atoms with E-state index in [9.17, 15) is 0 Å². The van der Waals surface area contributed by atoms with E-state index in [0.29, 0.717) is 5.92 Å². The van der Waals surface area contributed by atoms with Crippen LogP contribution in [0.3, 0.4) is 0 Å². The summed E-state index contributed by atoms with van der Waals surface area (Å²) >= 11 is 0. The average molecular weight is 285 g/mol. The smallest absolute Gasteiger partial charge is 0.135 e. The van der Waals surface area contributed by atoms with E-state index in [1.54, 1.807) is 7.11 Å². The molecule has 0 fully saturated rings. The lowest BCUT2D eigenvalue weighted by atomic mass is 10.0. The maximum atomic E-state index is 6.06. The van der Waals surface area contributed by atoms with E-state index in [1.807, 2.05) is 37.3 Å². The minimum Gasteiger partial charge on any atom is -0.496 e. The molecule has 0 aliphatic rings.